The van der Waals surface area contributed by atoms with Crippen LogP contribution in [0.2, 0.25) is 0 Å². The highest BCUT2D eigenvalue weighted by Crippen LogP contribution is 2.23. The number of aliphatic carboxylic acids is 1. The second kappa shape index (κ2) is 8.41. The molecule has 2 N–H and O–H groups in total. The first-order valence-corrected chi connectivity index (χ1v) is 10.2. The van der Waals surface area contributed by atoms with Crippen molar-refractivity contribution < 1.29 is 23.1 Å². The summed E-state index contributed by atoms with van der Waals surface area (Å²) < 4.78 is 33.3. The average molecular weight is 399 g/mol. The minimum Gasteiger partial charge on any atom is -0.497 e. The quantitative estimate of drug-likeness (QED) is 0.607. The Morgan fingerprint density at radius 2 is 1.79 bits per heavy atom. The number of aryl methyl sites for hydroxylation is 1. The number of carboxylic acids is 1. The maximum atomic E-state index is 12.9. The van der Waals surface area contributed by atoms with Crippen LogP contribution in [0.5, 0.6) is 5.75 Å². The van der Waals surface area contributed by atoms with Crippen molar-refractivity contribution in [3.8, 4) is 5.75 Å². The molecule has 7 heteroatoms. The van der Waals surface area contributed by atoms with Gasteiger partial charge in [-0.25, -0.2) is 8.42 Å². The zero-order chi connectivity index (χ0) is 20.1. The van der Waals surface area contributed by atoms with Crippen molar-refractivity contribution >= 4 is 26.8 Å². The van der Waals surface area contributed by atoms with Crippen molar-refractivity contribution in [2.45, 2.75) is 23.8 Å². The van der Waals surface area contributed by atoms with Crippen LogP contribution >= 0.6 is 0 Å². The third-order valence-corrected chi connectivity index (χ3v) is 6.02. The van der Waals surface area contributed by atoms with Crippen LogP contribution in [-0.2, 0) is 21.2 Å². The van der Waals surface area contributed by atoms with E-state index in [1.165, 1.54) is 6.07 Å². The van der Waals surface area contributed by atoms with E-state index in [0.29, 0.717) is 17.6 Å². The lowest BCUT2D eigenvalue weighted by Gasteiger charge is -2.16. The van der Waals surface area contributed by atoms with Crippen LogP contribution in [0, 0.1) is 0 Å². The predicted molar refractivity (Wildman–Crippen MR) is 107 cm³/mol. The van der Waals surface area contributed by atoms with Gasteiger partial charge in [-0.05, 0) is 42.0 Å². The number of carboxylic acid groups (broad SMARTS) is 1. The number of fused-ring (bicyclic) bond motifs is 1. The minimum atomic E-state index is -4.00. The van der Waals surface area contributed by atoms with Gasteiger partial charge in [0.15, 0.2) is 0 Å². The highest BCUT2D eigenvalue weighted by molar-refractivity contribution is 7.89. The smallest absolute Gasteiger partial charge is 0.321 e. The fraction of sp³-hybridized carbons (Fsp3) is 0.190. The lowest BCUT2D eigenvalue weighted by atomic mass is 10.1. The van der Waals surface area contributed by atoms with Gasteiger partial charge in [0.05, 0.1) is 12.0 Å². The van der Waals surface area contributed by atoms with Crippen molar-refractivity contribution in [1.82, 2.24) is 4.72 Å². The molecule has 0 bridgehead atoms. The van der Waals surface area contributed by atoms with Gasteiger partial charge in [-0.15, -0.1) is 0 Å². The summed E-state index contributed by atoms with van der Waals surface area (Å²) in [6.45, 7) is 0. The van der Waals surface area contributed by atoms with Gasteiger partial charge in [-0.3, -0.25) is 4.79 Å². The van der Waals surface area contributed by atoms with Crippen LogP contribution in [0.1, 0.15) is 12.0 Å². The molecule has 0 aliphatic heterocycles. The van der Waals surface area contributed by atoms with Gasteiger partial charge in [-0.1, -0.05) is 48.5 Å². The molecule has 0 radical (unpaired) electrons. The molecule has 3 rings (SSSR count). The molecule has 0 spiro atoms. The van der Waals surface area contributed by atoms with Gasteiger partial charge in [0.25, 0.3) is 0 Å². The molecule has 3 aromatic rings. The number of carbonyl (C=O) groups is 1. The number of hydrogen-bond donors (Lipinski definition) is 2. The Labute approximate surface area is 163 Å². The number of ether oxygens (including phenoxy) is 1. The third-order valence-electron chi connectivity index (χ3n) is 4.49. The summed E-state index contributed by atoms with van der Waals surface area (Å²) in [5.74, 6) is -0.549. The van der Waals surface area contributed by atoms with E-state index >= 15 is 0 Å². The Morgan fingerprint density at radius 3 is 2.54 bits per heavy atom. The van der Waals surface area contributed by atoms with E-state index in [0.717, 1.165) is 10.9 Å². The zero-order valence-electron chi connectivity index (χ0n) is 15.3. The van der Waals surface area contributed by atoms with Gasteiger partial charge in [0.1, 0.15) is 11.8 Å². The molecule has 28 heavy (non-hydrogen) atoms. The lowest BCUT2D eigenvalue weighted by Crippen LogP contribution is -2.41. The summed E-state index contributed by atoms with van der Waals surface area (Å²) in [7, 11) is -2.45. The van der Waals surface area contributed by atoms with E-state index in [1.807, 2.05) is 30.3 Å². The zero-order valence-corrected chi connectivity index (χ0v) is 16.1. The molecule has 0 aliphatic carbocycles. The lowest BCUT2D eigenvalue weighted by molar-refractivity contribution is -0.139. The molecule has 0 aliphatic rings. The molecule has 0 saturated heterocycles. The molecule has 0 aromatic heterocycles. The average Bonchev–Trinajstić information content (AvgIpc) is 2.70. The minimum absolute atomic E-state index is 0.0678. The van der Waals surface area contributed by atoms with Gasteiger partial charge in [0.2, 0.25) is 10.0 Å². The summed E-state index contributed by atoms with van der Waals surface area (Å²) in [6.07, 6.45) is 0.513. The van der Waals surface area contributed by atoms with Crippen molar-refractivity contribution in [3.05, 3.63) is 72.3 Å². The van der Waals surface area contributed by atoms with Gasteiger partial charge >= 0.3 is 5.97 Å². The Morgan fingerprint density at radius 1 is 1.07 bits per heavy atom. The summed E-state index contributed by atoms with van der Waals surface area (Å²) >= 11 is 0. The molecule has 3 aromatic carbocycles. The second-order valence-corrected chi connectivity index (χ2v) is 8.06. The SMILES string of the molecule is COc1cccc(CC[C@H](NS(=O)(=O)c2cccc3ccccc23)C(=O)O)c1. The molecular formula is C21H21NO5S. The Kier molecular flexibility index (Phi) is 5.96. The Hall–Kier alpha value is -2.90. The van der Waals surface area contributed by atoms with Crippen molar-refractivity contribution in [3.63, 3.8) is 0 Å². The van der Waals surface area contributed by atoms with Crippen LogP contribution in [0.3, 0.4) is 0 Å². The molecule has 0 unspecified atom stereocenters. The fourth-order valence-electron chi connectivity index (χ4n) is 3.05. The predicted octanol–water partition coefficient (Wildman–Crippen LogP) is 3.21. The topological polar surface area (TPSA) is 92.7 Å². The van der Waals surface area contributed by atoms with Crippen LogP contribution in [0.25, 0.3) is 10.8 Å². The summed E-state index contributed by atoms with van der Waals surface area (Å²) in [6, 6.07) is 18.0. The maximum Gasteiger partial charge on any atom is 0.321 e. The Bertz CT molecular complexity index is 1090. The normalized spacial score (nSPS) is 12.6. The fourth-order valence-corrected chi connectivity index (χ4v) is 4.51. The number of methoxy groups -OCH3 is 1. The molecule has 146 valence electrons. The summed E-state index contributed by atoms with van der Waals surface area (Å²) in [4.78, 5) is 11.7. The third kappa shape index (κ3) is 4.49. The van der Waals surface area contributed by atoms with Crippen LogP contribution in [0.15, 0.2) is 71.6 Å². The van der Waals surface area contributed by atoms with Gasteiger partial charge in [0, 0.05) is 5.39 Å². The van der Waals surface area contributed by atoms with E-state index in [4.69, 9.17) is 4.74 Å². The molecule has 0 heterocycles. The molecule has 0 amide bonds. The van der Waals surface area contributed by atoms with E-state index in [1.54, 1.807) is 37.4 Å². The second-order valence-electron chi connectivity index (χ2n) is 6.38. The highest BCUT2D eigenvalue weighted by atomic mass is 32.2. The molecule has 6 nitrogen and oxygen atoms in total. The molecule has 0 saturated carbocycles. The van der Waals surface area contributed by atoms with Crippen LogP contribution < -0.4 is 9.46 Å². The van der Waals surface area contributed by atoms with Gasteiger partial charge in [-0.2, -0.15) is 4.72 Å². The van der Waals surface area contributed by atoms with Crippen molar-refractivity contribution in [1.29, 1.82) is 0 Å². The standard InChI is InChI=1S/C21H21NO5S/c1-27-17-9-4-6-15(14-17)12-13-19(21(23)24)22-28(25,26)20-11-5-8-16-7-2-3-10-18(16)20/h2-11,14,19,22H,12-13H2,1H3,(H,23,24)/t19-/m0/s1. The summed E-state index contributed by atoms with van der Waals surface area (Å²) in [5, 5.41) is 10.8. The van der Waals surface area contributed by atoms with Crippen molar-refractivity contribution in [2.75, 3.05) is 7.11 Å². The van der Waals surface area contributed by atoms with E-state index in [-0.39, 0.29) is 11.3 Å². The van der Waals surface area contributed by atoms with Crippen LogP contribution in [-0.4, -0.2) is 32.6 Å². The first-order chi connectivity index (χ1) is 13.4. The number of rotatable bonds is 8. The van der Waals surface area contributed by atoms with Crippen molar-refractivity contribution in [2.24, 2.45) is 0 Å². The first-order valence-electron chi connectivity index (χ1n) is 8.76. The largest absolute Gasteiger partial charge is 0.497 e. The number of nitrogens with one attached hydrogen (secondary N) is 1. The summed E-state index contributed by atoms with van der Waals surface area (Å²) in [5.41, 5.74) is 0.870. The number of sulfonamides is 1. The van der Waals surface area contributed by atoms with E-state index < -0.39 is 22.0 Å². The number of hydrogen-bond acceptors (Lipinski definition) is 4. The number of benzene rings is 3. The monoisotopic (exact) mass is 399 g/mol. The van der Waals surface area contributed by atoms with Gasteiger partial charge < -0.3 is 9.84 Å². The Balaban J connectivity index is 1.82. The van der Waals surface area contributed by atoms with E-state index in [2.05, 4.69) is 4.72 Å². The van der Waals surface area contributed by atoms with Crippen LogP contribution in [0.4, 0.5) is 0 Å². The first kappa shape index (κ1) is 19.9. The molecule has 0 fully saturated rings. The molecule has 1 atom stereocenters. The molecular weight excluding hydrogens is 378 g/mol. The van der Waals surface area contributed by atoms with E-state index in [9.17, 15) is 18.3 Å². The highest BCUT2D eigenvalue weighted by Gasteiger charge is 2.26. The maximum absolute atomic E-state index is 12.9.